The third-order valence-electron chi connectivity index (χ3n) is 4.45. The smallest absolute Gasteiger partial charge is 0.122 e. The Hall–Kier alpha value is -1.87. The van der Waals surface area contributed by atoms with Gasteiger partial charge in [0.05, 0.1) is 6.54 Å². The molecule has 1 unspecified atom stereocenters. The minimum atomic E-state index is -0.919. The summed E-state index contributed by atoms with van der Waals surface area (Å²) >= 11 is 3.47. The van der Waals surface area contributed by atoms with Gasteiger partial charge in [0.1, 0.15) is 6.17 Å². The lowest BCUT2D eigenvalue weighted by molar-refractivity contribution is 0.339. The first-order valence-corrected chi connectivity index (χ1v) is 9.51. The molecule has 0 amide bonds. The number of aryl methyl sites for hydroxylation is 1. The Morgan fingerprint density at radius 3 is 2.52 bits per heavy atom. The van der Waals surface area contributed by atoms with Crippen LogP contribution in [0.5, 0.6) is 0 Å². The van der Waals surface area contributed by atoms with E-state index in [-0.39, 0.29) is 0 Å². The summed E-state index contributed by atoms with van der Waals surface area (Å²) in [5.74, 6) is 0. The summed E-state index contributed by atoms with van der Waals surface area (Å²) in [6.07, 6.45) is 7.99. The van der Waals surface area contributed by atoms with Crippen molar-refractivity contribution in [3.63, 3.8) is 0 Å². The van der Waals surface area contributed by atoms with Gasteiger partial charge < -0.3 is 4.90 Å². The van der Waals surface area contributed by atoms with E-state index in [1.807, 2.05) is 36.4 Å². The van der Waals surface area contributed by atoms with E-state index in [9.17, 15) is 4.39 Å². The standard InChI is InChI=1S/C22H23BrFN/c1-17-7-5-6-10-22(17)25(21-13-11-19(23)12-14-21)16-20(24)15-18-8-3-2-4-9-18/h3,5-14,20H,2,4,15-16H2,1H3. The zero-order valence-electron chi connectivity index (χ0n) is 14.5. The van der Waals surface area contributed by atoms with Crippen LogP contribution in [0.2, 0.25) is 0 Å². The van der Waals surface area contributed by atoms with Crippen molar-refractivity contribution in [2.24, 2.45) is 0 Å². The van der Waals surface area contributed by atoms with E-state index in [4.69, 9.17) is 0 Å². The minimum absolute atomic E-state index is 0.345. The molecule has 2 aromatic carbocycles. The molecule has 0 aliphatic heterocycles. The van der Waals surface area contributed by atoms with Gasteiger partial charge in [-0.15, -0.1) is 0 Å². The first kappa shape index (κ1) is 17.9. The number of rotatable bonds is 6. The van der Waals surface area contributed by atoms with Crippen molar-refractivity contribution in [1.29, 1.82) is 0 Å². The number of hydrogen-bond acceptors (Lipinski definition) is 1. The van der Waals surface area contributed by atoms with Crippen LogP contribution in [0.15, 0.2) is 76.8 Å². The van der Waals surface area contributed by atoms with Gasteiger partial charge in [0.25, 0.3) is 0 Å². The fraction of sp³-hybridized carbons (Fsp3) is 0.273. The highest BCUT2D eigenvalue weighted by Gasteiger charge is 2.18. The van der Waals surface area contributed by atoms with E-state index in [0.717, 1.165) is 39.8 Å². The van der Waals surface area contributed by atoms with E-state index in [2.05, 4.69) is 58.1 Å². The molecule has 0 aromatic heterocycles. The Labute approximate surface area is 158 Å². The van der Waals surface area contributed by atoms with Gasteiger partial charge in [-0.3, -0.25) is 0 Å². The van der Waals surface area contributed by atoms with Crippen LogP contribution < -0.4 is 4.90 Å². The van der Waals surface area contributed by atoms with Crippen LogP contribution in [0.1, 0.15) is 24.8 Å². The normalized spacial score (nSPS) is 14.9. The third kappa shape index (κ3) is 4.82. The number of halogens is 2. The van der Waals surface area contributed by atoms with Gasteiger partial charge in [-0.1, -0.05) is 52.4 Å². The summed E-state index contributed by atoms with van der Waals surface area (Å²) in [5.41, 5.74) is 4.32. The molecule has 2 aromatic rings. The molecule has 25 heavy (non-hydrogen) atoms. The molecular weight excluding hydrogens is 377 g/mol. The van der Waals surface area contributed by atoms with E-state index in [0.29, 0.717) is 13.0 Å². The fourth-order valence-electron chi connectivity index (χ4n) is 3.17. The largest absolute Gasteiger partial charge is 0.338 e. The van der Waals surface area contributed by atoms with E-state index in [1.54, 1.807) is 0 Å². The summed E-state index contributed by atoms with van der Waals surface area (Å²) < 4.78 is 15.9. The lowest BCUT2D eigenvalue weighted by Crippen LogP contribution is -2.27. The van der Waals surface area contributed by atoms with Gasteiger partial charge in [-0.25, -0.2) is 4.39 Å². The van der Waals surface area contributed by atoms with Crippen molar-refractivity contribution in [2.45, 2.75) is 32.4 Å². The quantitative estimate of drug-likeness (QED) is 0.510. The highest BCUT2D eigenvalue weighted by molar-refractivity contribution is 9.10. The molecule has 0 spiro atoms. The average molecular weight is 400 g/mol. The van der Waals surface area contributed by atoms with Crippen LogP contribution in [0, 0.1) is 6.92 Å². The van der Waals surface area contributed by atoms with Gasteiger partial charge in [-0.2, -0.15) is 0 Å². The zero-order chi connectivity index (χ0) is 17.6. The highest BCUT2D eigenvalue weighted by atomic mass is 79.9. The molecule has 0 saturated carbocycles. The first-order valence-electron chi connectivity index (χ1n) is 8.72. The maximum atomic E-state index is 14.9. The van der Waals surface area contributed by atoms with Crippen LogP contribution in [-0.2, 0) is 0 Å². The number of para-hydroxylation sites is 1. The van der Waals surface area contributed by atoms with Gasteiger partial charge in [0, 0.05) is 22.3 Å². The van der Waals surface area contributed by atoms with E-state index < -0.39 is 6.17 Å². The minimum Gasteiger partial charge on any atom is -0.338 e. The molecular formula is C22H23BrFN. The number of anilines is 2. The Balaban J connectivity index is 1.83. The zero-order valence-corrected chi connectivity index (χ0v) is 16.0. The summed E-state index contributed by atoms with van der Waals surface area (Å²) in [4.78, 5) is 2.08. The summed E-state index contributed by atoms with van der Waals surface area (Å²) in [6.45, 7) is 2.42. The van der Waals surface area contributed by atoms with Crippen LogP contribution in [0.25, 0.3) is 0 Å². The van der Waals surface area contributed by atoms with Crippen molar-refractivity contribution < 1.29 is 4.39 Å². The lowest BCUT2D eigenvalue weighted by atomic mass is 10.0. The Morgan fingerprint density at radius 2 is 1.84 bits per heavy atom. The molecule has 0 fully saturated rings. The predicted molar refractivity (Wildman–Crippen MR) is 108 cm³/mol. The van der Waals surface area contributed by atoms with Crippen molar-refractivity contribution in [3.8, 4) is 0 Å². The molecule has 1 aliphatic rings. The molecule has 0 saturated heterocycles. The van der Waals surface area contributed by atoms with Crippen LogP contribution in [0.4, 0.5) is 15.8 Å². The Morgan fingerprint density at radius 1 is 1.08 bits per heavy atom. The fourth-order valence-corrected chi connectivity index (χ4v) is 3.43. The van der Waals surface area contributed by atoms with Gasteiger partial charge >= 0.3 is 0 Å². The molecule has 0 N–H and O–H groups in total. The third-order valence-corrected chi connectivity index (χ3v) is 4.98. The van der Waals surface area contributed by atoms with E-state index in [1.165, 1.54) is 0 Å². The Kier molecular flexibility index (Phi) is 6.09. The van der Waals surface area contributed by atoms with Gasteiger partial charge in [0.2, 0.25) is 0 Å². The average Bonchev–Trinajstić information content (AvgIpc) is 2.62. The summed E-state index contributed by atoms with van der Waals surface area (Å²) in [6, 6.07) is 16.2. The molecule has 130 valence electrons. The molecule has 1 nitrogen and oxygen atoms in total. The second-order valence-corrected chi connectivity index (χ2v) is 7.35. The number of allylic oxidation sites excluding steroid dienone is 4. The first-order chi connectivity index (χ1) is 12.1. The maximum Gasteiger partial charge on any atom is 0.122 e. The van der Waals surface area contributed by atoms with Crippen LogP contribution in [0.3, 0.4) is 0 Å². The van der Waals surface area contributed by atoms with Crippen LogP contribution >= 0.6 is 15.9 Å². The Bertz CT molecular complexity index is 764. The molecule has 0 bridgehead atoms. The van der Waals surface area contributed by atoms with E-state index >= 15 is 0 Å². The van der Waals surface area contributed by atoms with Crippen LogP contribution in [-0.4, -0.2) is 12.7 Å². The van der Waals surface area contributed by atoms with Gasteiger partial charge in [-0.05, 0) is 61.2 Å². The molecule has 3 rings (SSSR count). The predicted octanol–water partition coefficient (Wildman–Crippen LogP) is 6.90. The molecule has 0 heterocycles. The van der Waals surface area contributed by atoms with Crippen molar-refractivity contribution in [1.82, 2.24) is 0 Å². The summed E-state index contributed by atoms with van der Waals surface area (Å²) in [7, 11) is 0. The van der Waals surface area contributed by atoms with Crippen molar-refractivity contribution in [2.75, 3.05) is 11.4 Å². The molecule has 0 radical (unpaired) electrons. The number of nitrogens with zero attached hydrogens (tertiary/aromatic N) is 1. The van der Waals surface area contributed by atoms with Crippen molar-refractivity contribution in [3.05, 3.63) is 82.4 Å². The van der Waals surface area contributed by atoms with Crippen molar-refractivity contribution >= 4 is 27.3 Å². The molecule has 3 heteroatoms. The molecule has 1 atom stereocenters. The summed E-state index contributed by atoms with van der Waals surface area (Å²) in [5, 5.41) is 0. The SMILES string of the molecule is Cc1ccccc1N(CC(F)CC1=CCCC=C1)c1ccc(Br)cc1. The second-order valence-electron chi connectivity index (χ2n) is 6.43. The maximum absolute atomic E-state index is 14.9. The highest BCUT2D eigenvalue weighted by Crippen LogP contribution is 2.31. The number of benzene rings is 2. The number of alkyl halides is 1. The second kappa shape index (κ2) is 8.48. The topological polar surface area (TPSA) is 3.24 Å². The monoisotopic (exact) mass is 399 g/mol. The number of hydrogen-bond donors (Lipinski definition) is 0. The molecule has 1 aliphatic carbocycles. The lowest BCUT2D eigenvalue weighted by Gasteiger charge is -2.28. The van der Waals surface area contributed by atoms with Gasteiger partial charge in [0.15, 0.2) is 0 Å².